The molecule has 0 heterocycles. The van der Waals surface area contributed by atoms with Crippen molar-refractivity contribution in [1.82, 2.24) is 10.1 Å². The fraction of sp³-hybridized carbons (Fsp3) is 0.429. The highest BCUT2D eigenvalue weighted by atomic mass is 32.2. The maximum Gasteiger partial charge on any atom is 0.269 e. The van der Waals surface area contributed by atoms with Crippen LogP contribution in [-0.4, -0.2) is 31.5 Å². The first-order valence-corrected chi connectivity index (χ1v) is 8.72. The first-order valence-electron chi connectivity index (χ1n) is 7.24. The molecule has 0 aromatic heterocycles. The average Bonchev–Trinajstić information content (AvgIpc) is 2.57. The van der Waals surface area contributed by atoms with E-state index >= 15 is 0 Å². The van der Waals surface area contributed by atoms with Crippen molar-refractivity contribution in [2.75, 3.05) is 6.54 Å². The summed E-state index contributed by atoms with van der Waals surface area (Å²) in [5.74, 6) is -0.398. The number of non-ortho nitro benzene ring substituents is 1. The summed E-state index contributed by atoms with van der Waals surface area (Å²) in [6, 6.07) is 4.36. The summed E-state index contributed by atoms with van der Waals surface area (Å²) in [6.45, 7) is 5.23. The SMILES string of the molecule is CC[C@@H](C)/C(C)=N\NC(=O)CNS(=O)(=O)c1ccc([N+](=O)[O-])cc1. The number of nitro benzene ring substituents is 1. The Morgan fingerprint density at radius 2 is 1.92 bits per heavy atom. The third kappa shape index (κ3) is 5.70. The second-order valence-corrected chi connectivity index (χ2v) is 6.94. The monoisotopic (exact) mass is 356 g/mol. The third-order valence-corrected chi connectivity index (χ3v) is 4.88. The van der Waals surface area contributed by atoms with Crippen molar-refractivity contribution in [2.24, 2.45) is 11.0 Å². The highest BCUT2D eigenvalue weighted by Gasteiger charge is 2.17. The van der Waals surface area contributed by atoms with Crippen LogP contribution in [0.3, 0.4) is 0 Å². The summed E-state index contributed by atoms with van der Waals surface area (Å²) < 4.78 is 26.1. The van der Waals surface area contributed by atoms with E-state index in [-0.39, 0.29) is 16.5 Å². The van der Waals surface area contributed by atoms with Crippen LogP contribution in [-0.2, 0) is 14.8 Å². The smallest absolute Gasteiger partial charge is 0.269 e. The molecule has 1 rings (SSSR count). The Bertz CT molecular complexity index is 728. The lowest BCUT2D eigenvalue weighted by molar-refractivity contribution is -0.384. The topological polar surface area (TPSA) is 131 Å². The van der Waals surface area contributed by atoms with Crippen molar-refractivity contribution in [3.05, 3.63) is 34.4 Å². The van der Waals surface area contributed by atoms with Crippen molar-refractivity contribution in [3.8, 4) is 0 Å². The van der Waals surface area contributed by atoms with Gasteiger partial charge in [0.1, 0.15) is 0 Å². The molecule has 10 heteroatoms. The Kier molecular flexibility index (Phi) is 6.98. The van der Waals surface area contributed by atoms with Gasteiger partial charge in [-0.2, -0.15) is 5.10 Å². The number of carbonyl (C=O) groups excluding carboxylic acids is 1. The van der Waals surface area contributed by atoms with Crippen LogP contribution in [0.25, 0.3) is 0 Å². The first-order chi connectivity index (χ1) is 11.2. The van der Waals surface area contributed by atoms with Crippen LogP contribution in [0.2, 0.25) is 0 Å². The summed E-state index contributed by atoms with van der Waals surface area (Å²) in [7, 11) is -3.94. The zero-order valence-electron chi connectivity index (χ0n) is 13.6. The van der Waals surface area contributed by atoms with Gasteiger partial charge in [0.25, 0.3) is 11.6 Å². The molecule has 0 radical (unpaired) electrons. The standard InChI is InChI=1S/C14H20N4O5S/c1-4-10(2)11(3)16-17-14(19)9-15-24(22,23)13-7-5-12(6-8-13)18(20)21/h5-8,10,15H,4,9H2,1-3H3,(H,17,19)/b16-11-/t10-/m1/s1. The van der Waals surface area contributed by atoms with E-state index in [9.17, 15) is 23.3 Å². The molecular weight excluding hydrogens is 336 g/mol. The van der Waals surface area contributed by atoms with Gasteiger partial charge in [-0.3, -0.25) is 14.9 Å². The predicted octanol–water partition coefficient (Wildman–Crippen LogP) is 1.41. The average molecular weight is 356 g/mol. The lowest BCUT2D eigenvalue weighted by Crippen LogP contribution is -2.35. The Hall–Kier alpha value is -2.33. The van der Waals surface area contributed by atoms with Crippen molar-refractivity contribution >= 4 is 27.3 Å². The number of hydrogen-bond donors (Lipinski definition) is 2. The molecule has 1 amide bonds. The van der Waals surface area contributed by atoms with E-state index in [0.29, 0.717) is 0 Å². The van der Waals surface area contributed by atoms with Gasteiger partial charge in [0.2, 0.25) is 10.0 Å². The Labute approximate surface area is 140 Å². The van der Waals surface area contributed by atoms with Crippen LogP contribution in [0.4, 0.5) is 5.69 Å². The summed E-state index contributed by atoms with van der Waals surface area (Å²) >= 11 is 0. The quantitative estimate of drug-likeness (QED) is 0.413. The normalized spacial score (nSPS) is 13.4. The molecule has 0 aliphatic heterocycles. The number of nitrogens with one attached hydrogen (secondary N) is 2. The molecule has 0 saturated carbocycles. The van der Waals surface area contributed by atoms with Crippen molar-refractivity contribution < 1.29 is 18.1 Å². The number of benzene rings is 1. The molecular formula is C14H20N4O5S. The number of nitro groups is 1. The maximum atomic E-state index is 12.0. The van der Waals surface area contributed by atoms with Crippen molar-refractivity contribution in [2.45, 2.75) is 32.1 Å². The van der Waals surface area contributed by atoms with E-state index in [0.717, 1.165) is 36.4 Å². The number of hydrazone groups is 1. The minimum Gasteiger partial charge on any atom is -0.272 e. The van der Waals surface area contributed by atoms with Gasteiger partial charge in [-0.25, -0.2) is 18.6 Å². The van der Waals surface area contributed by atoms with Crippen LogP contribution in [0.5, 0.6) is 0 Å². The molecule has 1 aromatic rings. The van der Waals surface area contributed by atoms with Gasteiger partial charge in [-0.15, -0.1) is 0 Å². The minimum absolute atomic E-state index is 0.166. The fourth-order valence-electron chi connectivity index (χ4n) is 1.59. The molecule has 0 bridgehead atoms. The molecule has 0 spiro atoms. The van der Waals surface area contributed by atoms with E-state index in [1.165, 1.54) is 0 Å². The van der Waals surface area contributed by atoms with Gasteiger partial charge in [0, 0.05) is 17.8 Å². The first kappa shape index (κ1) is 19.7. The zero-order valence-corrected chi connectivity index (χ0v) is 14.5. The van der Waals surface area contributed by atoms with Gasteiger partial charge < -0.3 is 0 Å². The zero-order chi connectivity index (χ0) is 18.3. The molecule has 0 aliphatic carbocycles. The Morgan fingerprint density at radius 1 is 1.33 bits per heavy atom. The molecule has 0 unspecified atom stereocenters. The number of amides is 1. The number of nitrogens with zero attached hydrogens (tertiary/aromatic N) is 2. The highest BCUT2D eigenvalue weighted by molar-refractivity contribution is 7.89. The van der Waals surface area contributed by atoms with Crippen molar-refractivity contribution in [1.29, 1.82) is 0 Å². The lowest BCUT2D eigenvalue weighted by Gasteiger charge is -2.09. The number of sulfonamides is 1. The summed E-state index contributed by atoms with van der Waals surface area (Å²) in [6.07, 6.45) is 0.873. The summed E-state index contributed by atoms with van der Waals surface area (Å²) in [5, 5.41) is 14.5. The van der Waals surface area contributed by atoms with Crippen LogP contribution in [0.1, 0.15) is 27.2 Å². The Morgan fingerprint density at radius 3 is 2.42 bits per heavy atom. The fourth-order valence-corrected chi connectivity index (χ4v) is 2.57. The van der Waals surface area contributed by atoms with E-state index < -0.39 is 27.4 Å². The van der Waals surface area contributed by atoms with Gasteiger partial charge in [0.15, 0.2) is 0 Å². The van der Waals surface area contributed by atoms with E-state index in [2.05, 4.69) is 15.2 Å². The summed E-state index contributed by atoms with van der Waals surface area (Å²) in [4.78, 5) is 21.4. The summed E-state index contributed by atoms with van der Waals surface area (Å²) in [5.41, 5.74) is 2.80. The van der Waals surface area contributed by atoms with Gasteiger partial charge in [0.05, 0.1) is 16.4 Å². The number of hydrogen-bond acceptors (Lipinski definition) is 6. The number of rotatable bonds is 8. The van der Waals surface area contributed by atoms with Gasteiger partial charge >= 0.3 is 0 Å². The van der Waals surface area contributed by atoms with E-state index in [1.54, 1.807) is 6.92 Å². The number of carbonyl (C=O) groups is 1. The van der Waals surface area contributed by atoms with E-state index in [1.807, 2.05) is 13.8 Å². The van der Waals surface area contributed by atoms with Crippen molar-refractivity contribution in [3.63, 3.8) is 0 Å². The molecule has 2 N–H and O–H groups in total. The molecule has 0 aliphatic rings. The molecule has 0 fully saturated rings. The maximum absolute atomic E-state index is 12.0. The van der Waals surface area contributed by atoms with Crippen LogP contribution in [0, 0.1) is 16.0 Å². The second kappa shape index (κ2) is 8.50. The molecule has 1 aromatic carbocycles. The molecule has 1 atom stereocenters. The Balaban J connectivity index is 2.65. The second-order valence-electron chi connectivity index (χ2n) is 5.17. The third-order valence-electron chi connectivity index (χ3n) is 3.46. The molecule has 24 heavy (non-hydrogen) atoms. The van der Waals surface area contributed by atoms with Crippen LogP contribution < -0.4 is 10.1 Å². The molecule has 132 valence electrons. The van der Waals surface area contributed by atoms with Crippen LogP contribution in [0.15, 0.2) is 34.3 Å². The van der Waals surface area contributed by atoms with E-state index in [4.69, 9.17) is 0 Å². The molecule has 9 nitrogen and oxygen atoms in total. The minimum atomic E-state index is -3.94. The highest BCUT2D eigenvalue weighted by Crippen LogP contribution is 2.15. The lowest BCUT2D eigenvalue weighted by atomic mass is 10.1. The largest absolute Gasteiger partial charge is 0.272 e. The van der Waals surface area contributed by atoms with Gasteiger partial charge in [-0.1, -0.05) is 13.8 Å². The van der Waals surface area contributed by atoms with Crippen LogP contribution >= 0.6 is 0 Å². The van der Waals surface area contributed by atoms with Gasteiger partial charge in [-0.05, 0) is 31.4 Å². The predicted molar refractivity (Wildman–Crippen MR) is 89.0 cm³/mol. The molecule has 0 saturated heterocycles.